The number of furan rings is 1. The van der Waals surface area contributed by atoms with Crippen molar-refractivity contribution in [2.24, 2.45) is 0 Å². The van der Waals surface area contributed by atoms with E-state index in [9.17, 15) is 23.1 Å². The Morgan fingerprint density at radius 3 is 2.50 bits per heavy atom. The van der Waals surface area contributed by atoms with Gasteiger partial charge in [-0.1, -0.05) is 12.8 Å². The SMILES string of the molecule is Cc1ccc(C(O)(CC(=O)N(CC#N)C2CCCC2)C(F)(F)F)o1. The number of carbonyl (C=O) groups excluding carboxylic acids is 1. The van der Waals surface area contributed by atoms with E-state index in [0.717, 1.165) is 23.8 Å². The van der Waals surface area contributed by atoms with Gasteiger partial charge in [-0.25, -0.2) is 0 Å². The highest BCUT2D eigenvalue weighted by Gasteiger charge is 2.59. The molecule has 1 heterocycles. The molecule has 0 spiro atoms. The second-order valence-corrected chi connectivity index (χ2v) is 6.06. The van der Waals surface area contributed by atoms with E-state index in [-0.39, 0.29) is 18.3 Å². The number of aryl methyl sites for hydroxylation is 1. The van der Waals surface area contributed by atoms with Gasteiger partial charge in [0.2, 0.25) is 11.5 Å². The van der Waals surface area contributed by atoms with Crippen molar-refractivity contribution in [1.82, 2.24) is 4.90 Å². The van der Waals surface area contributed by atoms with Gasteiger partial charge >= 0.3 is 6.18 Å². The molecule has 0 aliphatic heterocycles. The van der Waals surface area contributed by atoms with Crippen molar-refractivity contribution in [2.45, 2.75) is 56.8 Å². The normalized spacial score (nSPS) is 18.2. The van der Waals surface area contributed by atoms with Gasteiger partial charge in [0.25, 0.3) is 0 Å². The number of aliphatic hydroxyl groups is 1. The molecule has 5 nitrogen and oxygen atoms in total. The average molecular weight is 344 g/mol. The van der Waals surface area contributed by atoms with Crippen LogP contribution in [0.15, 0.2) is 16.5 Å². The minimum atomic E-state index is -5.08. The van der Waals surface area contributed by atoms with E-state index in [2.05, 4.69) is 0 Å². The first-order valence-corrected chi connectivity index (χ1v) is 7.71. The van der Waals surface area contributed by atoms with Gasteiger partial charge in [0.1, 0.15) is 18.1 Å². The fourth-order valence-corrected chi connectivity index (χ4v) is 3.02. The Balaban J connectivity index is 2.28. The fourth-order valence-electron chi connectivity index (χ4n) is 3.02. The van der Waals surface area contributed by atoms with Crippen LogP contribution < -0.4 is 0 Å². The summed E-state index contributed by atoms with van der Waals surface area (Å²) in [6, 6.07) is 3.86. The number of hydrogen-bond acceptors (Lipinski definition) is 4. The monoisotopic (exact) mass is 344 g/mol. The van der Waals surface area contributed by atoms with Crippen LogP contribution >= 0.6 is 0 Å². The molecule has 0 bridgehead atoms. The fraction of sp³-hybridized carbons (Fsp3) is 0.625. The molecule has 0 aromatic carbocycles. The zero-order valence-electron chi connectivity index (χ0n) is 13.3. The van der Waals surface area contributed by atoms with E-state index < -0.39 is 29.9 Å². The highest BCUT2D eigenvalue weighted by Crippen LogP contribution is 2.43. The minimum absolute atomic E-state index is 0.199. The van der Waals surface area contributed by atoms with Gasteiger partial charge in [-0.05, 0) is 31.9 Å². The number of carbonyl (C=O) groups is 1. The highest BCUT2D eigenvalue weighted by atomic mass is 19.4. The molecular weight excluding hydrogens is 325 g/mol. The average Bonchev–Trinajstić information content (AvgIpc) is 3.14. The van der Waals surface area contributed by atoms with Crippen molar-refractivity contribution >= 4 is 5.91 Å². The molecule has 1 aliphatic carbocycles. The third-order valence-corrected chi connectivity index (χ3v) is 4.35. The van der Waals surface area contributed by atoms with Crippen LogP contribution in [0.4, 0.5) is 13.2 Å². The Labute approximate surface area is 137 Å². The molecule has 132 valence electrons. The minimum Gasteiger partial charge on any atom is -0.463 e. The zero-order chi connectivity index (χ0) is 18.0. The lowest BCUT2D eigenvalue weighted by atomic mass is 9.94. The molecule has 1 aromatic rings. The molecule has 0 radical (unpaired) electrons. The standard InChI is InChI=1S/C16H19F3N2O3/c1-11-6-7-13(24-11)15(23,16(17,18)19)10-14(22)21(9-8-20)12-4-2-3-5-12/h6-7,12,23H,2-5,9-10H2,1H3. The van der Waals surface area contributed by atoms with Crippen LogP contribution in [0.1, 0.15) is 43.6 Å². The Morgan fingerprint density at radius 1 is 1.42 bits per heavy atom. The van der Waals surface area contributed by atoms with E-state index in [1.807, 2.05) is 6.07 Å². The molecule has 0 saturated heterocycles. The lowest BCUT2D eigenvalue weighted by Gasteiger charge is -2.32. The topological polar surface area (TPSA) is 77.5 Å². The number of alkyl halides is 3. The van der Waals surface area contributed by atoms with E-state index in [4.69, 9.17) is 9.68 Å². The van der Waals surface area contributed by atoms with Crippen molar-refractivity contribution in [3.8, 4) is 6.07 Å². The molecule has 8 heteroatoms. The molecule has 24 heavy (non-hydrogen) atoms. The van der Waals surface area contributed by atoms with Gasteiger partial charge in [0, 0.05) is 6.04 Å². The maximum absolute atomic E-state index is 13.4. The first-order valence-electron chi connectivity index (χ1n) is 7.71. The van der Waals surface area contributed by atoms with Gasteiger partial charge in [0.05, 0.1) is 12.5 Å². The van der Waals surface area contributed by atoms with Crippen molar-refractivity contribution in [3.05, 3.63) is 23.7 Å². The number of hydrogen-bond donors (Lipinski definition) is 1. The van der Waals surface area contributed by atoms with E-state index in [0.29, 0.717) is 12.8 Å². The largest absolute Gasteiger partial charge is 0.463 e. The molecule has 1 aromatic heterocycles. The number of halogens is 3. The molecule has 1 aliphatic rings. The van der Waals surface area contributed by atoms with Crippen LogP contribution in [0.25, 0.3) is 0 Å². The summed E-state index contributed by atoms with van der Waals surface area (Å²) in [5.74, 6) is -1.42. The lowest BCUT2D eigenvalue weighted by molar-refractivity contribution is -0.274. The maximum Gasteiger partial charge on any atom is 0.425 e. The van der Waals surface area contributed by atoms with E-state index in [1.165, 1.54) is 13.0 Å². The van der Waals surface area contributed by atoms with Crippen LogP contribution in [0.2, 0.25) is 0 Å². The van der Waals surface area contributed by atoms with Gasteiger partial charge in [0.15, 0.2) is 0 Å². The molecule has 1 fully saturated rings. The summed E-state index contributed by atoms with van der Waals surface area (Å²) >= 11 is 0. The number of rotatable bonds is 5. The summed E-state index contributed by atoms with van der Waals surface area (Å²) in [5, 5.41) is 19.1. The van der Waals surface area contributed by atoms with Crippen molar-refractivity contribution in [2.75, 3.05) is 6.54 Å². The van der Waals surface area contributed by atoms with Crippen LogP contribution in [0.3, 0.4) is 0 Å². The predicted octanol–water partition coefficient (Wildman–Crippen LogP) is 3.02. The summed E-state index contributed by atoms with van der Waals surface area (Å²) in [5.41, 5.74) is -3.41. The molecule has 2 rings (SSSR count). The molecular formula is C16H19F3N2O3. The summed E-state index contributed by atoms with van der Waals surface area (Å²) in [7, 11) is 0. The first kappa shape index (κ1) is 18.3. The summed E-state index contributed by atoms with van der Waals surface area (Å²) in [6.07, 6.45) is -3.26. The molecule has 1 amide bonds. The third-order valence-electron chi connectivity index (χ3n) is 4.35. The van der Waals surface area contributed by atoms with Gasteiger partial charge < -0.3 is 14.4 Å². The maximum atomic E-state index is 13.4. The summed E-state index contributed by atoms with van der Waals surface area (Å²) in [4.78, 5) is 13.6. The van der Waals surface area contributed by atoms with Gasteiger partial charge in [-0.2, -0.15) is 18.4 Å². The lowest BCUT2D eigenvalue weighted by Crippen LogP contribution is -2.48. The number of nitrogens with zero attached hydrogens (tertiary/aromatic N) is 2. The molecule has 1 N–H and O–H groups in total. The third kappa shape index (κ3) is 3.56. The van der Waals surface area contributed by atoms with E-state index in [1.54, 1.807) is 0 Å². The van der Waals surface area contributed by atoms with Gasteiger partial charge in [-0.15, -0.1) is 0 Å². The summed E-state index contributed by atoms with van der Waals surface area (Å²) in [6.45, 7) is 1.15. The molecule has 1 atom stereocenters. The Morgan fingerprint density at radius 2 is 2.04 bits per heavy atom. The zero-order valence-corrected chi connectivity index (χ0v) is 13.3. The van der Waals surface area contributed by atoms with Crippen LogP contribution in [-0.4, -0.2) is 34.7 Å². The summed E-state index contributed by atoms with van der Waals surface area (Å²) < 4.78 is 45.3. The van der Waals surface area contributed by atoms with Crippen LogP contribution in [0.5, 0.6) is 0 Å². The number of nitriles is 1. The Bertz CT molecular complexity index is 629. The Kier molecular flexibility index (Phi) is 5.23. The molecule has 1 saturated carbocycles. The predicted molar refractivity (Wildman–Crippen MR) is 77.6 cm³/mol. The second-order valence-electron chi connectivity index (χ2n) is 6.06. The smallest absolute Gasteiger partial charge is 0.425 e. The quantitative estimate of drug-likeness (QED) is 0.833. The highest BCUT2D eigenvalue weighted by molar-refractivity contribution is 5.78. The van der Waals surface area contributed by atoms with E-state index >= 15 is 0 Å². The van der Waals surface area contributed by atoms with Gasteiger partial charge in [-0.3, -0.25) is 4.79 Å². The van der Waals surface area contributed by atoms with Crippen molar-refractivity contribution in [1.29, 1.82) is 5.26 Å². The first-order chi connectivity index (χ1) is 11.2. The molecule has 1 unspecified atom stereocenters. The van der Waals surface area contributed by atoms with Crippen molar-refractivity contribution < 1.29 is 27.5 Å². The Hall–Kier alpha value is -2.01. The van der Waals surface area contributed by atoms with Crippen LogP contribution in [0, 0.1) is 18.3 Å². The van der Waals surface area contributed by atoms with Crippen LogP contribution in [-0.2, 0) is 10.4 Å². The number of amides is 1. The second kappa shape index (κ2) is 6.85. The van der Waals surface area contributed by atoms with Crippen molar-refractivity contribution in [3.63, 3.8) is 0 Å².